The molecule has 0 atom stereocenters. The van der Waals surface area contributed by atoms with Crippen LogP contribution < -0.4 is 5.32 Å². The molecule has 1 aromatic heterocycles. The van der Waals surface area contributed by atoms with E-state index in [1.165, 1.54) is 32.5 Å². The zero-order valence-corrected chi connectivity index (χ0v) is 14.7. The molecule has 114 valence electrons. The van der Waals surface area contributed by atoms with Crippen molar-refractivity contribution in [3.63, 3.8) is 0 Å². The average Bonchev–Trinajstić information content (AvgIpc) is 2.88. The van der Waals surface area contributed by atoms with Gasteiger partial charge in [-0.15, -0.1) is 23.1 Å². The number of nitrogens with one attached hydrogen (secondary N) is 1. The van der Waals surface area contributed by atoms with E-state index in [1.807, 2.05) is 23.1 Å². The minimum Gasteiger partial charge on any atom is -0.312 e. The lowest BCUT2D eigenvalue weighted by atomic mass is 10.2. The number of hydrogen-bond acceptors (Lipinski definition) is 4. The lowest BCUT2D eigenvalue weighted by Gasteiger charge is -2.01. The summed E-state index contributed by atoms with van der Waals surface area (Å²) in [5.74, 6) is 0.967. The van der Waals surface area contributed by atoms with Crippen LogP contribution in [0.4, 0.5) is 0 Å². The normalized spacial score (nSPS) is 11.0. The number of hydrogen-bond donors (Lipinski definition) is 1. The van der Waals surface area contributed by atoms with E-state index in [0.29, 0.717) is 0 Å². The molecule has 0 aliphatic rings. The van der Waals surface area contributed by atoms with Crippen LogP contribution in [0.25, 0.3) is 0 Å². The monoisotopic (exact) mass is 320 g/mol. The minimum absolute atomic E-state index is 0.962. The summed E-state index contributed by atoms with van der Waals surface area (Å²) in [4.78, 5) is 7.54. The third-order valence-electron chi connectivity index (χ3n) is 3.22. The van der Waals surface area contributed by atoms with Gasteiger partial charge in [-0.2, -0.15) is 0 Å². The first kappa shape index (κ1) is 16.5. The van der Waals surface area contributed by atoms with Crippen molar-refractivity contribution in [2.45, 2.75) is 50.8 Å². The van der Waals surface area contributed by atoms with Crippen LogP contribution in [0.15, 0.2) is 29.2 Å². The fourth-order valence-electron chi connectivity index (χ4n) is 2.14. The molecule has 0 fully saturated rings. The van der Waals surface area contributed by atoms with Gasteiger partial charge in [0.25, 0.3) is 0 Å². The van der Waals surface area contributed by atoms with Crippen LogP contribution in [0.1, 0.15) is 41.4 Å². The highest BCUT2D eigenvalue weighted by molar-refractivity contribution is 7.98. The molecule has 2 nitrogen and oxygen atoms in total. The predicted molar refractivity (Wildman–Crippen MR) is 94.2 cm³/mol. The number of thiazole rings is 1. The Morgan fingerprint density at radius 2 is 2.14 bits per heavy atom. The fraction of sp³-hybridized carbons (Fsp3) is 0.471. The van der Waals surface area contributed by atoms with E-state index < -0.39 is 0 Å². The summed E-state index contributed by atoms with van der Waals surface area (Å²) in [7, 11) is 0. The summed E-state index contributed by atoms with van der Waals surface area (Å²) < 4.78 is 0. The SMILES string of the molecule is CCCNCc1sc(CSc2cccc(C)c2)nc1CC. The molecule has 0 saturated heterocycles. The van der Waals surface area contributed by atoms with Crippen molar-refractivity contribution in [3.8, 4) is 0 Å². The van der Waals surface area contributed by atoms with Crippen molar-refractivity contribution in [1.29, 1.82) is 0 Å². The van der Waals surface area contributed by atoms with Gasteiger partial charge in [0.1, 0.15) is 5.01 Å². The van der Waals surface area contributed by atoms with Crippen molar-refractivity contribution >= 4 is 23.1 Å². The van der Waals surface area contributed by atoms with Crippen molar-refractivity contribution in [2.75, 3.05) is 6.54 Å². The number of rotatable bonds is 8. The highest BCUT2D eigenvalue weighted by atomic mass is 32.2. The number of nitrogens with zero attached hydrogens (tertiary/aromatic N) is 1. The molecule has 0 aliphatic heterocycles. The van der Waals surface area contributed by atoms with Gasteiger partial charge in [0.15, 0.2) is 0 Å². The van der Waals surface area contributed by atoms with E-state index in [0.717, 1.165) is 25.3 Å². The Labute approximate surface area is 136 Å². The third-order valence-corrected chi connectivity index (χ3v) is 5.51. The first-order valence-electron chi connectivity index (χ1n) is 7.60. The summed E-state index contributed by atoms with van der Waals surface area (Å²) in [6.07, 6.45) is 2.20. The van der Waals surface area contributed by atoms with Crippen LogP contribution in [0.5, 0.6) is 0 Å². The predicted octanol–water partition coefficient (Wildman–Crippen LogP) is 4.81. The van der Waals surface area contributed by atoms with Crippen molar-refractivity contribution in [2.24, 2.45) is 0 Å². The van der Waals surface area contributed by atoms with Crippen LogP contribution in [-0.2, 0) is 18.7 Å². The van der Waals surface area contributed by atoms with E-state index in [-0.39, 0.29) is 0 Å². The molecule has 0 bridgehead atoms. The first-order chi connectivity index (χ1) is 10.2. The Morgan fingerprint density at radius 1 is 1.29 bits per heavy atom. The van der Waals surface area contributed by atoms with E-state index in [4.69, 9.17) is 4.98 Å². The van der Waals surface area contributed by atoms with Gasteiger partial charge < -0.3 is 5.32 Å². The van der Waals surface area contributed by atoms with E-state index in [9.17, 15) is 0 Å². The lowest BCUT2D eigenvalue weighted by Crippen LogP contribution is -2.13. The molecule has 1 heterocycles. The minimum atomic E-state index is 0.962. The summed E-state index contributed by atoms with van der Waals surface area (Å²) in [5, 5.41) is 4.73. The summed E-state index contributed by atoms with van der Waals surface area (Å²) in [6.45, 7) is 8.57. The van der Waals surface area contributed by atoms with E-state index in [2.05, 4.69) is 50.4 Å². The smallest absolute Gasteiger partial charge is 0.103 e. The van der Waals surface area contributed by atoms with Gasteiger partial charge >= 0.3 is 0 Å². The molecule has 0 aliphatic carbocycles. The number of thioether (sulfide) groups is 1. The third kappa shape index (κ3) is 5.13. The second-order valence-electron chi connectivity index (χ2n) is 5.11. The van der Waals surface area contributed by atoms with Crippen molar-refractivity contribution < 1.29 is 0 Å². The molecular weight excluding hydrogens is 296 g/mol. The van der Waals surface area contributed by atoms with Gasteiger partial charge in [0, 0.05) is 16.3 Å². The van der Waals surface area contributed by atoms with E-state index in [1.54, 1.807) is 0 Å². The maximum atomic E-state index is 4.80. The topological polar surface area (TPSA) is 24.9 Å². The second kappa shape index (κ2) is 8.57. The van der Waals surface area contributed by atoms with Crippen LogP contribution >= 0.6 is 23.1 Å². The second-order valence-corrected chi connectivity index (χ2v) is 7.33. The number of benzene rings is 1. The largest absolute Gasteiger partial charge is 0.312 e. The van der Waals surface area contributed by atoms with Gasteiger partial charge in [0.05, 0.1) is 11.4 Å². The Kier molecular flexibility index (Phi) is 6.74. The Morgan fingerprint density at radius 3 is 2.86 bits per heavy atom. The summed E-state index contributed by atoms with van der Waals surface area (Å²) in [6, 6.07) is 8.68. The maximum Gasteiger partial charge on any atom is 0.103 e. The molecule has 2 aromatic rings. The number of aryl methyl sites for hydroxylation is 2. The molecule has 4 heteroatoms. The Bertz CT molecular complexity index is 564. The molecule has 0 radical (unpaired) electrons. The summed E-state index contributed by atoms with van der Waals surface area (Å²) >= 11 is 3.74. The quantitative estimate of drug-likeness (QED) is 0.558. The van der Waals surface area contributed by atoms with Crippen molar-refractivity contribution in [1.82, 2.24) is 10.3 Å². The van der Waals surface area contributed by atoms with Crippen LogP contribution in [0.2, 0.25) is 0 Å². The molecule has 1 aromatic carbocycles. The summed E-state index contributed by atoms with van der Waals surface area (Å²) in [5.41, 5.74) is 2.58. The van der Waals surface area contributed by atoms with Crippen LogP contribution in [-0.4, -0.2) is 11.5 Å². The van der Waals surface area contributed by atoms with Crippen LogP contribution in [0.3, 0.4) is 0 Å². The zero-order chi connectivity index (χ0) is 15.1. The molecule has 0 spiro atoms. The molecule has 0 amide bonds. The Hall–Kier alpha value is -0.840. The molecule has 0 unspecified atom stereocenters. The Balaban J connectivity index is 1.96. The lowest BCUT2D eigenvalue weighted by molar-refractivity contribution is 0.676. The van der Waals surface area contributed by atoms with Crippen LogP contribution in [0, 0.1) is 6.92 Å². The van der Waals surface area contributed by atoms with Gasteiger partial charge in [0.2, 0.25) is 0 Å². The van der Waals surface area contributed by atoms with E-state index >= 15 is 0 Å². The molecular formula is C17H24N2S2. The van der Waals surface area contributed by atoms with Gasteiger partial charge in [-0.05, 0) is 38.4 Å². The van der Waals surface area contributed by atoms with Gasteiger partial charge in [-0.1, -0.05) is 31.5 Å². The van der Waals surface area contributed by atoms with Gasteiger partial charge in [-0.25, -0.2) is 4.98 Å². The zero-order valence-electron chi connectivity index (χ0n) is 13.1. The molecule has 21 heavy (non-hydrogen) atoms. The average molecular weight is 321 g/mol. The maximum absolute atomic E-state index is 4.80. The molecule has 0 saturated carbocycles. The molecule has 1 N–H and O–H groups in total. The number of aromatic nitrogens is 1. The highest BCUT2D eigenvalue weighted by Crippen LogP contribution is 2.27. The van der Waals surface area contributed by atoms with Crippen molar-refractivity contribution in [3.05, 3.63) is 45.4 Å². The van der Waals surface area contributed by atoms with Gasteiger partial charge in [-0.3, -0.25) is 0 Å². The highest BCUT2D eigenvalue weighted by Gasteiger charge is 2.09. The standard InChI is InChI=1S/C17H24N2S2/c1-4-9-18-11-16-15(5-2)19-17(21-16)12-20-14-8-6-7-13(3)10-14/h6-8,10,18H,4-5,9,11-12H2,1-3H3. The fourth-order valence-corrected chi connectivity index (χ4v) is 4.28. The molecule has 2 rings (SSSR count). The first-order valence-corrected chi connectivity index (χ1v) is 9.40.